The fraction of sp³-hybridized carbons (Fsp3) is 0.286. The molecule has 0 unspecified atom stereocenters. The fourth-order valence-electron chi connectivity index (χ4n) is 3.13. The summed E-state index contributed by atoms with van der Waals surface area (Å²) in [5, 5.41) is 0.224. The third kappa shape index (κ3) is 3.26. The lowest BCUT2D eigenvalue weighted by atomic mass is 10.1. The Kier molecular flexibility index (Phi) is 5.72. The summed E-state index contributed by atoms with van der Waals surface area (Å²) in [7, 11) is 8.85. The first-order chi connectivity index (χ1) is 14.0. The van der Waals surface area contributed by atoms with E-state index < -0.39 is 5.43 Å². The zero-order chi connectivity index (χ0) is 21.1. The summed E-state index contributed by atoms with van der Waals surface area (Å²) < 4.78 is 38.5. The minimum Gasteiger partial charge on any atom is -0.497 e. The van der Waals surface area contributed by atoms with Crippen molar-refractivity contribution < 1.29 is 32.8 Å². The lowest BCUT2D eigenvalue weighted by molar-refractivity contribution is 0.323. The quantitative estimate of drug-likeness (QED) is 0.594. The van der Waals surface area contributed by atoms with Crippen LogP contribution in [0.4, 0.5) is 0 Å². The Morgan fingerprint density at radius 2 is 1.34 bits per heavy atom. The number of methoxy groups -OCH3 is 6. The number of rotatable bonds is 7. The summed E-state index contributed by atoms with van der Waals surface area (Å²) >= 11 is 0. The molecule has 0 saturated heterocycles. The summed E-state index contributed by atoms with van der Waals surface area (Å²) in [5.74, 6) is 2.09. The Balaban J connectivity index is 2.48. The highest BCUT2D eigenvalue weighted by molar-refractivity contribution is 5.91. The van der Waals surface area contributed by atoms with E-state index in [1.807, 2.05) is 0 Å². The largest absolute Gasteiger partial charge is 0.497 e. The van der Waals surface area contributed by atoms with Crippen LogP contribution in [0.5, 0.6) is 34.5 Å². The van der Waals surface area contributed by atoms with Crippen molar-refractivity contribution in [2.75, 3.05) is 42.7 Å². The summed E-state index contributed by atoms with van der Waals surface area (Å²) in [6.45, 7) is 0. The zero-order valence-electron chi connectivity index (χ0n) is 17.1. The molecule has 0 radical (unpaired) electrons. The maximum atomic E-state index is 13.2. The van der Waals surface area contributed by atoms with Gasteiger partial charge in [-0.15, -0.1) is 0 Å². The maximum absolute atomic E-state index is 13.2. The van der Waals surface area contributed by atoms with Crippen molar-refractivity contribution >= 4 is 11.0 Å². The van der Waals surface area contributed by atoms with E-state index in [1.165, 1.54) is 41.6 Å². The second-order valence-electron chi connectivity index (χ2n) is 5.88. The van der Waals surface area contributed by atoms with E-state index in [0.717, 1.165) is 0 Å². The second-order valence-corrected chi connectivity index (χ2v) is 5.88. The maximum Gasteiger partial charge on any atom is 0.235 e. The first kappa shape index (κ1) is 20.2. The molecule has 1 heterocycles. The molecule has 3 rings (SSSR count). The van der Waals surface area contributed by atoms with Gasteiger partial charge in [0.25, 0.3) is 0 Å². The van der Waals surface area contributed by atoms with E-state index in [-0.39, 0.29) is 28.2 Å². The molecule has 0 atom stereocenters. The molecule has 29 heavy (non-hydrogen) atoms. The van der Waals surface area contributed by atoms with Crippen LogP contribution in [0.3, 0.4) is 0 Å². The highest BCUT2D eigenvalue weighted by atomic mass is 16.5. The Hall–Kier alpha value is -3.55. The highest BCUT2D eigenvalue weighted by Crippen LogP contribution is 2.46. The van der Waals surface area contributed by atoms with Crippen molar-refractivity contribution in [3.8, 4) is 45.8 Å². The van der Waals surface area contributed by atoms with Crippen molar-refractivity contribution in [2.24, 2.45) is 0 Å². The second kappa shape index (κ2) is 8.22. The monoisotopic (exact) mass is 402 g/mol. The zero-order valence-corrected chi connectivity index (χ0v) is 17.1. The number of hydrogen-bond donors (Lipinski definition) is 0. The lowest BCUT2D eigenvalue weighted by Gasteiger charge is -2.17. The SMILES string of the molecule is COc1ccc(OC)c(-c2oc3c(OC)c(OC)c(OC)cc3c(=O)c2OC)c1. The van der Waals surface area contributed by atoms with Crippen molar-refractivity contribution in [1.82, 2.24) is 0 Å². The first-order valence-corrected chi connectivity index (χ1v) is 8.60. The van der Waals surface area contributed by atoms with E-state index in [4.69, 9.17) is 32.8 Å². The predicted molar refractivity (Wildman–Crippen MR) is 107 cm³/mol. The van der Waals surface area contributed by atoms with Crippen LogP contribution < -0.4 is 33.8 Å². The molecular weight excluding hydrogens is 380 g/mol. The Morgan fingerprint density at radius 1 is 0.690 bits per heavy atom. The molecule has 8 nitrogen and oxygen atoms in total. The summed E-state index contributed by atoms with van der Waals surface area (Å²) in [4.78, 5) is 13.2. The van der Waals surface area contributed by atoms with Gasteiger partial charge in [-0.1, -0.05) is 0 Å². The molecular formula is C21H22O8. The van der Waals surface area contributed by atoms with Gasteiger partial charge in [0, 0.05) is 0 Å². The number of fused-ring (bicyclic) bond motifs is 1. The van der Waals surface area contributed by atoms with Crippen LogP contribution in [-0.2, 0) is 0 Å². The third-order valence-corrected chi connectivity index (χ3v) is 4.50. The standard InChI is InChI=1S/C21H22O8/c1-23-11-7-8-14(24-2)12(9-11)17-20(27-5)16(22)13-10-15(25-3)19(26-4)21(28-6)18(13)29-17/h7-10H,1-6H3. The Bertz CT molecular complexity index is 1100. The predicted octanol–water partition coefficient (Wildman–Crippen LogP) is 3.51. The van der Waals surface area contributed by atoms with Crippen LogP contribution in [0.15, 0.2) is 33.5 Å². The minimum absolute atomic E-state index is 0.0123. The molecule has 0 aliphatic carbocycles. The molecule has 8 heteroatoms. The van der Waals surface area contributed by atoms with Gasteiger partial charge in [0.05, 0.1) is 53.6 Å². The molecule has 2 aromatic carbocycles. The number of ether oxygens (including phenoxy) is 6. The van der Waals surface area contributed by atoms with Gasteiger partial charge in [-0.2, -0.15) is 0 Å². The molecule has 0 N–H and O–H groups in total. The molecule has 154 valence electrons. The molecule has 0 fully saturated rings. The van der Waals surface area contributed by atoms with E-state index in [2.05, 4.69) is 0 Å². The number of hydrogen-bond acceptors (Lipinski definition) is 8. The van der Waals surface area contributed by atoms with E-state index in [9.17, 15) is 4.79 Å². The Labute approximate surface area is 167 Å². The highest BCUT2D eigenvalue weighted by Gasteiger charge is 2.26. The number of benzene rings is 2. The van der Waals surface area contributed by atoms with Gasteiger partial charge >= 0.3 is 0 Å². The van der Waals surface area contributed by atoms with Gasteiger partial charge in [0.2, 0.25) is 22.7 Å². The molecule has 0 saturated carbocycles. The van der Waals surface area contributed by atoms with Gasteiger partial charge in [0.1, 0.15) is 11.5 Å². The van der Waals surface area contributed by atoms with Crippen LogP contribution in [0, 0.1) is 0 Å². The van der Waals surface area contributed by atoms with Crippen LogP contribution in [-0.4, -0.2) is 42.7 Å². The van der Waals surface area contributed by atoms with Gasteiger partial charge in [-0.25, -0.2) is 0 Å². The van der Waals surface area contributed by atoms with Gasteiger partial charge in [-0.3, -0.25) is 4.79 Å². The molecule has 1 aromatic heterocycles. The van der Waals surface area contributed by atoms with Gasteiger partial charge in [0.15, 0.2) is 17.1 Å². The van der Waals surface area contributed by atoms with Crippen LogP contribution in [0.2, 0.25) is 0 Å². The first-order valence-electron chi connectivity index (χ1n) is 8.60. The van der Waals surface area contributed by atoms with Gasteiger partial charge in [-0.05, 0) is 24.3 Å². The average molecular weight is 402 g/mol. The molecule has 0 amide bonds. The van der Waals surface area contributed by atoms with Crippen molar-refractivity contribution in [1.29, 1.82) is 0 Å². The lowest BCUT2D eigenvalue weighted by Crippen LogP contribution is -2.09. The normalized spacial score (nSPS) is 10.6. The average Bonchev–Trinajstić information content (AvgIpc) is 2.76. The molecule has 0 spiro atoms. The summed E-state index contributed by atoms with van der Waals surface area (Å²) in [6.07, 6.45) is 0. The molecule has 0 aliphatic heterocycles. The van der Waals surface area contributed by atoms with Crippen LogP contribution in [0.25, 0.3) is 22.3 Å². The topological polar surface area (TPSA) is 85.6 Å². The van der Waals surface area contributed by atoms with Crippen molar-refractivity contribution in [3.05, 3.63) is 34.5 Å². The smallest absolute Gasteiger partial charge is 0.235 e. The van der Waals surface area contributed by atoms with Crippen molar-refractivity contribution in [2.45, 2.75) is 0 Å². The fourth-order valence-corrected chi connectivity index (χ4v) is 3.13. The Morgan fingerprint density at radius 3 is 1.90 bits per heavy atom. The minimum atomic E-state index is -0.395. The van der Waals surface area contributed by atoms with Crippen LogP contribution in [0.1, 0.15) is 0 Å². The van der Waals surface area contributed by atoms with Gasteiger partial charge < -0.3 is 32.8 Å². The van der Waals surface area contributed by atoms with Crippen molar-refractivity contribution in [3.63, 3.8) is 0 Å². The molecule has 0 bridgehead atoms. The molecule has 0 aliphatic rings. The van der Waals surface area contributed by atoms with Crippen LogP contribution >= 0.6 is 0 Å². The molecule has 3 aromatic rings. The summed E-state index contributed by atoms with van der Waals surface area (Å²) in [5.41, 5.74) is 0.281. The summed E-state index contributed by atoms with van der Waals surface area (Å²) in [6, 6.07) is 6.67. The van der Waals surface area contributed by atoms with E-state index >= 15 is 0 Å². The van der Waals surface area contributed by atoms with E-state index in [0.29, 0.717) is 28.6 Å². The van der Waals surface area contributed by atoms with E-state index in [1.54, 1.807) is 25.3 Å². The third-order valence-electron chi connectivity index (χ3n) is 4.50.